The third-order valence-electron chi connectivity index (χ3n) is 13.7. The van der Waals surface area contributed by atoms with Crippen molar-refractivity contribution in [2.45, 2.75) is 180 Å². The summed E-state index contributed by atoms with van der Waals surface area (Å²) in [5.74, 6) is 0.990. The summed E-state index contributed by atoms with van der Waals surface area (Å²) in [6.45, 7) is 19.2. The van der Waals surface area contributed by atoms with Gasteiger partial charge in [0.2, 0.25) is 0 Å². The maximum atomic E-state index is 11.8. The Labute approximate surface area is 265 Å². The first-order valence-electron chi connectivity index (χ1n) is 17.4. The van der Waals surface area contributed by atoms with Crippen LogP contribution in [0.3, 0.4) is 0 Å². The highest BCUT2D eigenvalue weighted by molar-refractivity contribution is 5.18. The van der Waals surface area contributed by atoms with Gasteiger partial charge in [0, 0.05) is 0 Å². The Bertz CT molecular complexity index is 1070. The van der Waals surface area contributed by atoms with E-state index < -0.39 is 53.6 Å². The van der Waals surface area contributed by atoms with E-state index in [1.165, 1.54) is 5.57 Å². The second kappa shape index (κ2) is 11.8. The molecule has 0 amide bonds. The summed E-state index contributed by atoms with van der Waals surface area (Å²) in [6, 6.07) is 0. The van der Waals surface area contributed by atoms with Crippen LogP contribution < -0.4 is 0 Å². The Morgan fingerprint density at radius 1 is 0.841 bits per heavy atom. The van der Waals surface area contributed by atoms with Gasteiger partial charge >= 0.3 is 0 Å². The van der Waals surface area contributed by atoms with Crippen LogP contribution in [0, 0.1) is 34.5 Å². The Morgan fingerprint density at radius 3 is 2.20 bits per heavy atom. The first-order valence-corrected chi connectivity index (χ1v) is 17.4. The van der Waals surface area contributed by atoms with E-state index in [0.717, 1.165) is 44.9 Å². The third-order valence-corrected chi connectivity index (χ3v) is 13.7. The zero-order valence-corrected chi connectivity index (χ0v) is 28.8. The molecule has 8 heteroatoms. The summed E-state index contributed by atoms with van der Waals surface area (Å²) in [7, 11) is 0. The zero-order valence-electron chi connectivity index (χ0n) is 28.8. The molecule has 0 aromatic carbocycles. The molecule has 254 valence electrons. The topological polar surface area (TPSA) is 129 Å². The predicted molar refractivity (Wildman–Crippen MR) is 169 cm³/mol. The SMILES string of the molecule is CC1=CCC2C(CCC2(C)OC2OC(C)C(O)C(O)C2O)C(C)(C)C1CCC1C(C)(O)CCC2OC(C)(C)C(O)CCC21C. The van der Waals surface area contributed by atoms with Crippen molar-refractivity contribution >= 4 is 0 Å². The first-order chi connectivity index (χ1) is 20.2. The number of allylic oxidation sites excluding steroid dienone is 2. The molecule has 2 aliphatic heterocycles. The fourth-order valence-electron chi connectivity index (χ4n) is 10.6. The van der Waals surface area contributed by atoms with E-state index in [0.29, 0.717) is 24.7 Å². The molecule has 0 aromatic rings. The van der Waals surface area contributed by atoms with Gasteiger partial charge < -0.3 is 39.7 Å². The van der Waals surface area contributed by atoms with E-state index in [-0.39, 0.29) is 28.8 Å². The quantitative estimate of drug-likeness (QED) is 0.275. The smallest absolute Gasteiger partial charge is 0.187 e. The van der Waals surface area contributed by atoms with Crippen LogP contribution in [0.1, 0.15) is 120 Å². The van der Waals surface area contributed by atoms with Gasteiger partial charge in [0.05, 0.1) is 35.1 Å². The molecule has 8 nitrogen and oxygen atoms in total. The number of aliphatic hydroxyl groups excluding tert-OH is 4. The largest absolute Gasteiger partial charge is 0.390 e. The molecule has 2 saturated carbocycles. The highest BCUT2D eigenvalue weighted by Gasteiger charge is 2.59. The van der Waals surface area contributed by atoms with Crippen molar-refractivity contribution < 1.29 is 39.7 Å². The lowest BCUT2D eigenvalue weighted by atomic mass is 9.55. The van der Waals surface area contributed by atoms with E-state index in [9.17, 15) is 25.5 Å². The summed E-state index contributed by atoms with van der Waals surface area (Å²) in [6.07, 6.45) is 4.06. The minimum Gasteiger partial charge on any atom is -0.390 e. The van der Waals surface area contributed by atoms with E-state index >= 15 is 0 Å². The number of rotatable bonds is 5. The number of ether oxygens (including phenoxy) is 3. The molecule has 5 N–H and O–H groups in total. The number of hydrogen-bond donors (Lipinski definition) is 5. The molecular formula is C36H62O8. The highest BCUT2D eigenvalue weighted by atomic mass is 16.7. The van der Waals surface area contributed by atoms with E-state index in [2.05, 4.69) is 40.7 Å². The maximum absolute atomic E-state index is 11.8. The van der Waals surface area contributed by atoms with Crippen molar-refractivity contribution in [1.29, 1.82) is 0 Å². The molecule has 0 radical (unpaired) electrons. The molecule has 3 aliphatic carbocycles. The fraction of sp³-hybridized carbons (Fsp3) is 0.944. The fourth-order valence-corrected chi connectivity index (χ4v) is 10.6. The van der Waals surface area contributed by atoms with Crippen molar-refractivity contribution in [3.8, 4) is 0 Å². The van der Waals surface area contributed by atoms with Crippen LogP contribution in [0.5, 0.6) is 0 Å². The summed E-state index contributed by atoms with van der Waals surface area (Å²) >= 11 is 0. The highest BCUT2D eigenvalue weighted by Crippen LogP contribution is 2.60. The van der Waals surface area contributed by atoms with Crippen LogP contribution >= 0.6 is 0 Å². The zero-order chi connectivity index (χ0) is 32.6. The van der Waals surface area contributed by atoms with Gasteiger partial charge in [0.1, 0.15) is 18.3 Å². The molecule has 5 aliphatic rings. The van der Waals surface area contributed by atoms with Gasteiger partial charge in [-0.05, 0) is 134 Å². The van der Waals surface area contributed by atoms with Gasteiger partial charge in [-0.2, -0.15) is 0 Å². The van der Waals surface area contributed by atoms with Crippen LogP contribution in [-0.2, 0) is 14.2 Å². The van der Waals surface area contributed by atoms with Crippen molar-refractivity contribution in [1.82, 2.24) is 0 Å². The Balaban J connectivity index is 1.35. The minimum atomic E-state index is -1.31. The summed E-state index contributed by atoms with van der Waals surface area (Å²) in [4.78, 5) is 0. The second-order valence-corrected chi connectivity index (χ2v) is 17.2. The van der Waals surface area contributed by atoms with Gasteiger partial charge in [0.15, 0.2) is 6.29 Å². The second-order valence-electron chi connectivity index (χ2n) is 17.2. The molecule has 5 rings (SSSR count). The van der Waals surface area contributed by atoms with E-state index in [4.69, 9.17) is 14.2 Å². The van der Waals surface area contributed by atoms with Crippen LogP contribution in [0.25, 0.3) is 0 Å². The molecule has 0 spiro atoms. The molecule has 0 aromatic heterocycles. The molecule has 14 unspecified atom stereocenters. The Hall–Kier alpha value is -0.580. The summed E-state index contributed by atoms with van der Waals surface area (Å²) in [5, 5.41) is 54.1. The first kappa shape index (κ1) is 34.7. The van der Waals surface area contributed by atoms with Crippen LogP contribution in [-0.4, -0.2) is 85.2 Å². The molecule has 0 bridgehead atoms. The van der Waals surface area contributed by atoms with Crippen LogP contribution in [0.15, 0.2) is 11.6 Å². The lowest BCUT2D eigenvalue weighted by Crippen LogP contribution is -2.59. The van der Waals surface area contributed by atoms with Gasteiger partial charge in [0.25, 0.3) is 0 Å². The number of hydrogen-bond acceptors (Lipinski definition) is 8. The predicted octanol–water partition coefficient (Wildman–Crippen LogP) is 4.87. The molecular weight excluding hydrogens is 560 g/mol. The maximum Gasteiger partial charge on any atom is 0.187 e. The van der Waals surface area contributed by atoms with E-state index in [1.807, 2.05) is 20.8 Å². The van der Waals surface area contributed by atoms with Crippen LogP contribution in [0.4, 0.5) is 0 Å². The third kappa shape index (κ3) is 5.86. The lowest BCUT2D eigenvalue weighted by molar-refractivity contribution is -0.323. The average molecular weight is 623 g/mol. The molecule has 44 heavy (non-hydrogen) atoms. The summed E-state index contributed by atoms with van der Waals surface area (Å²) < 4.78 is 19.1. The van der Waals surface area contributed by atoms with Gasteiger partial charge in [-0.3, -0.25) is 0 Å². The van der Waals surface area contributed by atoms with Gasteiger partial charge in [-0.15, -0.1) is 0 Å². The van der Waals surface area contributed by atoms with Crippen LogP contribution in [0.2, 0.25) is 0 Å². The van der Waals surface area contributed by atoms with Crippen molar-refractivity contribution in [3.05, 3.63) is 11.6 Å². The standard InChI is InChI=1S/C36H62O8/c1-20-10-11-24-23(14-19-36(24,9)44-31-30(40)29(39)28(38)21(2)42-31)32(3,4)22(20)12-13-25-34(7)17-15-26(37)33(5,6)43-27(34)16-18-35(25,8)41/h10,21-31,37-41H,11-19H2,1-9H3. The number of aliphatic hydroxyl groups is 5. The number of fused-ring (bicyclic) bond motifs is 2. The monoisotopic (exact) mass is 622 g/mol. The van der Waals surface area contributed by atoms with Crippen molar-refractivity contribution in [3.63, 3.8) is 0 Å². The van der Waals surface area contributed by atoms with E-state index in [1.54, 1.807) is 6.92 Å². The van der Waals surface area contributed by atoms with Gasteiger partial charge in [-0.25, -0.2) is 0 Å². The molecule has 2 heterocycles. The molecule has 14 atom stereocenters. The van der Waals surface area contributed by atoms with Crippen molar-refractivity contribution in [2.75, 3.05) is 0 Å². The Morgan fingerprint density at radius 2 is 1.52 bits per heavy atom. The van der Waals surface area contributed by atoms with Gasteiger partial charge in [-0.1, -0.05) is 32.4 Å². The average Bonchev–Trinajstić information content (AvgIpc) is 3.18. The molecule has 4 fully saturated rings. The van der Waals surface area contributed by atoms with Crippen molar-refractivity contribution in [2.24, 2.45) is 34.5 Å². The minimum absolute atomic E-state index is 0.00966. The Kier molecular flexibility index (Phi) is 9.35. The normalized spacial score (nSPS) is 52.3. The summed E-state index contributed by atoms with van der Waals surface area (Å²) in [5.41, 5.74) is -0.796. The lowest BCUT2D eigenvalue weighted by Gasteiger charge is -2.54. The molecule has 2 saturated heterocycles.